The van der Waals surface area contributed by atoms with Gasteiger partial charge in [-0.2, -0.15) is 5.10 Å². The largest absolute Gasteiger partial charge is 0.462 e. The third-order valence-corrected chi connectivity index (χ3v) is 5.19. The summed E-state index contributed by atoms with van der Waals surface area (Å²) in [7, 11) is 0. The van der Waals surface area contributed by atoms with Crippen molar-refractivity contribution < 1.29 is 14.3 Å². The van der Waals surface area contributed by atoms with Crippen molar-refractivity contribution in [2.24, 2.45) is 5.73 Å². The molecule has 1 aliphatic heterocycles. The molecule has 2 rings (SSSR count). The molecule has 1 atom stereocenters. The molecular formula is C20H36ClN5O3. The van der Waals surface area contributed by atoms with E-state index < -0.39 is 0 Å². The lowest BCUT2D eigenvalue weighted by Crippen LogP contribution is -2.46. The molecule has 1 amide bonds. The molecule has 1 aromatic rings. The molecule has 29 heavy (non-hydrogen) atoms. The summed E-state index contributed by atoms with van der Waals surface area (Å²) in [4.78, 5) is 26.2. The van der Waals surface area contributed by atoms with Crippen molar-refractivity contribution in [3.05, 3.63) is 17.0 Å². The van der Waals surface area contributed by atoms with Crippen LogP contribution in [-0.2, 0) is 27.4 Å². The van der Waals surface area contributed by atoms with Crippen LogP contribution < -0.4 is 11.1 Å². The quantitative estimate of drug-likeness (QED) is 0.579. The smallest absolute Gasteiger partial charge is 0.328 e. The minimum absolute atomic E-state index is 0. The number of ether oxygens (including phenoxy) is 1. The number of hydrogen-bond donors (Lipinski definition) is 2. The Kier molecular flexibility index (Phi) is 10.6. The Bertz CT molecular complexity index is 677. The third kappa shape index (κ3) is 7.60. The average Bonchev–Trinajstić information content (AvgIpc) is 2.88. The number of carbonyl (C=O) groups excluding carboxylic acids is 2. The van der Waals surface area contributed by atoms with Gasteiger partial charge in [0.25, 0.3) is 0 Å². The first kappa shape index (κ1) is 25.4. The Hall–Kier alpha value is -1.64. The lowest BCUT2D eigenvalue weighted by molar-refractivity contribution is -0.148. The second-order valence-corrected chi connectivity index (χ2v) is 7.81. The average molecular weight is 430 g/mol. The molecule has 0 saturated carbocycles. The predicted octanol–water partition coefficient (Wildman–Crippen LogP) is 1.69. The Labute approximate surface area is 179 Å². The summed E-state index contributed by atoms with van der Waals surface area (Å²) >= 11 is 0. The number of halogens is 1. The number of nitrogens with zero attached hydrogens (tertiary/aromatic N) is 3. The molecule has 0 aromatic carbocycles. The normalized spacial score (nSPS) is 17.1. The SMILES string of the molecule is Cc1nn(CC(=O)OC(C)C)c(C)c1CN1CCCCC1CNC(=O)CCN.Cl. The maximum atomic E-state index is 12.0. The van der Waals surface area contributed by atoms with E-state index in [1.165, 1.54) is 6.42 Å². The summed E-state index contributed by atoms with van der Waals surface area (Å²) in [5.41, 5.74) is 8.53. The first-order valence-electron chi connectivity index (χ1n) is 10.2. The van der Waals surface area contributed by atoms with Crippen LogP contribution in [0.15, 0.2) is 0 Å². The summed E-state index contributed by atoms with van der Waals surface area (Å²) < 4.78 is 6.97. The second kappa shape index (κ2) is 12.1. The van der Waals surface area contributed by atoms with Gasteiger partial charge in [-0.05, 0) is 47.1 Å². The molecule has 1 saturated heterocycles. The van der Waals surface area contributed by atoms with Gasteiger partial charge in [0.2, 0.25) is 5.91 Å². The van der Waals surface area contributed by atoms with Gasteiger partial charge in [-0.25, -0.2) is 0 Å². The van der Waals surface area contributed by atoms with Gasteiger partial charge in [0.15, 0.2) is 0 Å². The maximum absolute atomic E-state index is 12.0. The molecule has 3 N–H and O–H groups in total. The molecule has 1 fully saturated rings. The molecule has 166 valence electrons. The number of likely N-dealkylation sites (tertiary alicyclic amines) is 1. The molecule has 1 aromatic heterocycles. The fourth-order valence-electron chi connectivity index (χ4n) is 3.69. The molecule has 0 spiro atoms. The summed E-state index contributed by atoms with van der Waals surface area (Å²) in [6.45, 7) is 10.6. The first-order chi connectivity index (χ1) is 13.3. The number of nitrogens with two attached hydrogens (primary N) is 1. The van der Waals surface area contributed by atoms with Crippen molar-refractivity contribution in [1.82, 2.24) is 20.0 Å². The van der Waals surface area contributed by atoms with E-state index in [2.05, 4.69) is 15.3 Å². The molecule has 8 nitrogen and oxygen atoms in total. The van der Waals surface area contributed by atoms with E-state index in [1.54, 1.807) is 4.68 Å². The highest BCUT2D eigenvalue weighted by atomic mass is 35.5. The van der Waals surface area contributed by atoms with E-state index in [0.717, 1.165) is 42.9 Å². The van der Waals surface area contributed by atoms with Crippen molar-refractivity contribution in [3.8, 4) is 0 Å². The van der Waals surface area contributed by atoms with Crippen LogP contribution in [-0.4, -0.2) is 58.3 Å². The molecule has 0 bridgehead atoms. The zero-order chi connectivity index (χ0) is 20.7. The van der Waals surface area contributed by atoms with Crippen LogP contribution in [0.5, 0.6) is 0 Å². The Morgan fingerprint density at radius 1 is 1.31 bits per heavy atom. The topological polar surface area (TPSA) is 102 Å². The number of aryl methyl sites for hydroxylation is 1. The molecule has 0 radical (unpaired) electrons. The Morgan fingerprint density at radius 3 is 2.69 bits per heavy atom. The number of carbonyl (C=O) groups is 2. The highest BCUT2D eigenvalue weighted by Crippen LogP contribution is 2.22. The predicted molar refractivity (Wildman–Crippen MR) is 115 cm³/mol. The number of aromatic nitrogens is 2. The van der Waals surface area contributed by atoms with Crippen molar-refractivity contribution >= 4 is 24.3 Å². The van der Waals surface area contributed by atoms with E-state index in [-0.39, 0.29) is 36.9 Å². The minimum atomic E-state index is -0.273. The van der Waals surface area contributed by atoms with E-state index >= 15 is 0 Å². The third-order valence-electron chi connectivity index (χ3n) is 5.19. The molecule has 0 aliphatic carbocycles. The first-order valence-corrected chi connectivity index (χ1v) is 10.2. The van der Waals surface area contributed by atoms with Gasteiger partial charge >= 0.3 is 5.97 Å². The van der Waals surface area contributed by atoms with E-state index in [9.17, 15) is 9.59 Å². The lowest BCUT2D eigenvalue weighted by atomic mass is 10.0. The highest BCUT2D eigenvalue weighted by molar-refractivity contribution is 5.85. The van der Waals surface area contributed by atoms with Crippen LogP contribution >= 0.6 is 12.4 Å². The van der Waals surface area contributed by atoms with Gasteiger partial charge in [0, 0.05) is 43.4 Å². The number of nitrogens with one attached hydrogen (secondary N) is 1. The van der Waals surface area contributed by atoms with Gasteiger partial charge in [-0.3, -0.25) is 19.2 Å². The van der Waals surface area contributed by atoms with Crippen LogP contribution in [0.4, 0.5) is 0 Å². The van der Waals surface area contributed by atoms with Gasteiger partial charge in [-0.15, -0.1) is 12.4 Å². The Balaban J connectivity index is 0.00000420. The molecular weight excluding hydrogens is 394 g/mol. The van der Waals surface area contributed by atoms with Crippen LogP contribution in [0.25, 0.3) is 0 Å². The van der Waals surface area contributed by atoms with Gasteiger partial charge < -0.3 is 15.8 Å². The van der Waals surface area contributed by atoms with Gasteiger partial charge in [0.05, 0.1) is 11.8 Å². The number of esters is 1. The second-order valence-electron chi connectivity index (χ2n) is 7.81. The monoisotopic (exact) mass is 429 g/mol. The van der Waals surface area contributed by atoms with Crippen molar-refractivity contribution in [2.45, 2.75) is 78.6 Å². The van der Waals surface area contributed by atoms with E-state index in [0.29, 0.717) is 25.6 Å². The molecule has 1 aliphatic rings. The van der Waals surface area contributed by atoms with Crippen LogP contribution in [0.2, 0.25) is 0 Å². The molecule has 1 unspecified atom stereocenters. The fraction of sp³-hybridized carbons (Fsp3) is 0.750. The lowest BCUT2D eigenvalue weighted by Gasteiger charge is -2.36. The Morgan fingerprint density at radius 2 is 2.03 bits per heavy atom. The zero-order valence-electron chi connectivity index (χ0n) is 18.1. The standard InChI is InChI=1S/C20H35N5O3.ClH/c1-14(2)28-20(27)13-25-16(4)18(15(3)23-25)12-24-10-6-5-7-17(24)11-22-19(26)8-9-21;/h14,17H,5-13,21H2,1-4H3,(H,22,26);1H. The highest BCUT2D eigenvalue weighted by Gasteiger charge is 2.25. The van der Waals surface area contributed by atoms with Crippen LogP contribution in [0.1, 0.15) is 56.5 Å². The fourth-order valence-corrected chi connectivity index (χ4v) is 3.69. The summed E-state index contributed by atoms with van der Waals surface area (Å²) in [5.74, 6) is -0.262. The number of rotatable bonds is 9. The minimum Gasteiger partial charge on any atom is -0.462 e. The van der Waals surface area contributed by atoms with Crippen molar-refractivity contribution in [1.29, 1.82) is 0 Å². The maximum Gasteiger partial charge on any atom is 0.328 e. The number of amides is 1. The van der Waals surface area contributed by atoms with Crippen LogP contribution in [0.3, 0.4) is 0 Å². The number of piperidine rings is 1. The summed E-state index contributed by atoms with van der Waals surface area (Å²) in [6, 6.07) is 0.309. The summed E-state index contributed by atoms with van der Waals surface area (Å²) in [5, 5.41) is 7.56. The van der Waals surface area contributed by atoms with Gasteiger partial charge in [-0.1, -0.05) is 6.42 Å². The molecule has 9 heteroatoms. The number of hydrogen-bond acceptors (Lipinski definition) is 6. The molecule has 2 heterocycles. The van der Waals surface area contributed by atoms with Crippen molar-refractivity contribution in [3.63, 3.8) is 0 Å². The van der Waals surface area contributed by atoms with E-state index in [1.807, 2.05) is 27.7 Å². The zero-order valence-corrected chi connectivity index (χ0v) is 18.9. The summed E-state index contributed by atoms with van der Waals surface area (Å²) in [6.07, 6.45) is 3.62. The van der Waals surface area contributed by atoms with Gasteiger partial charge in [0.1, 0.15) is 6.54 Å². The van der Waals surface area contributed by atoms with Crippen LogP contribution in [0, 0.1) is 13.8 Å². The van der Waals surface area contributed by atoms with E-state index in [4.69, 9.17) is 10.5 Å². The van der Waals surface area contributed by atoms with Crippen molar-refractivity contribution in [2.75, 3.05) is 19.6 Å².